The molecule has 2 N–H and O–H groups in total. The SMILES string of the molecule is Cl.Cn1cc(CN2CCC(N)C2)c(C(C)(C)C)n1. The Morgan fingerprint density at radius 2 is 2.11 bits per heavy atom. The number of aromatic nitrogens is 2. The Balaban J connectivity index is 0.00000162. The molecule has 104 valence electrons. The maximum Gasteiger partial charge on any atom is 0.0722 e. The van der Waals surface area contributed by atoms with Gasteiger partial charge in [-0.25, -0.2) is 0 Å². The number of likely N-dealkylation sites (tertiary alicyclic amines) is 1. The maximum atomic E-state index is 5.95. The lowest BCUT2D eigenvalue weighted by Gasteiger charge is -2.20. The molecule has 4 nitrogen and oxygen atoms in total. The number of rotatable bonds is 2. The van der Waals surface area contributed by atoms with Crippen molar-refractivity contribution in [2.75, 3.05) is 13.1 Å². The van der Waals surface area contributed by atoms with E-state index in [1.807, 2.05) is 11.7 Å². The minimum absolute atomic E-state index is 0. The van der Waals surface area contributed by atoms with E-state index >= 15 is 0 Å². The fraction of sp³-hybridized carbons (Fsp3) is 0.769. The number of hydrogen-bond donors (Lipinski definition) is 1. The molecule has 18 heavy (non-hydrogen) atoms. The largest absolute Gasteiger partial charge is 0.326 e. The first kappa shape index (κ1) is 15.5. The lowest BCUT2D eigenvalue weighted by Crippen LogP contribution is -2.27. The van der Waals surface area contributed by atoms with E-state index in [4.69, 9.17) is 5.73 Å². The van der Waals surface area contributed by atoms with Crippen LogP contribution in [0, 0.1) is 0 Å². The third-order valence-electron chi connectivity index (χ3n) is 3.32. The van der Waals surface area contributed by atoms with Crippen LogP contribution in [0.4, 0.5) is 0 Å². The molecule has 0 radical (unpaired) electrons. The van der Waals surface area contributed by atoms with Gasteiger partial charge in [0.1, 0.15) is 0 Å². The van der Waals surface area contributed by atoms with Crippen molar-refractivity contribution in [3.63, 3.8) is 0 Å². The van der Waals surface area contributed by atoms with E-state index in [1.54, 1.807) is 0 Å². The minimum Gasteiger partial charge on any atom is -0.326 e. The van der Waals surface area contributed by atoms with Gasteiger partial charge in [-0.05, 0) is 6.42 Å². The lowest BCUT2D eigenvalue weighted by atomic mass is 9.89. The summed E-state index contributed by atoms with van der Waals surface area (Å²) >= 11 is 0. The van der Waals surface area contributed by atoms with E-state index < -0.39 is 0 Å². The van der Waals surface area contributed by atoms with Crippen LogP contribution in [0.2, 0.25) is 0 Å². The smallest absolute Gasteiger partial charge is 0.0722 e. The van der Waals surface area contributed by atoms with Crippen LogP contribution in [0.15, 0.2) is 6.20 Å². The van der Waals surface area contributed by atoms with E-state index in [1.165, 1.54) is 11.3 Å². The van der Waals surface area contributed by atoms with Crippen LogP contribution >= 0.6 is 12.4 Å². The van der Waals surface area contributed by atoms with Gasteiger partial charge >= 0.3 is 0 Å². The zero-order valence-corrected chi connectivity index (χ0v) is 12.6. The average Bonchev–Trinajstić information content (AvgIpc) is 2.72. The van der Waals surface area contributed by atoms with Gasteiger partial charge in [-0.15, -0.1) is 12.4 Å². The Labute approximate surface area is 116 Å². The molecule has 0 aliphatic carbocycles. The summed E-state index contributed by atoms with van der Waals surface area (Å²) in [6.45, 7) is 9.75. The van der Waals surface area contributed by atoms with Crippen molar-refractivity contribution >= 4 is 12.4 Å². The predicted molar refractivity (Wildman–Crippen MR) is 77.0 cm³/mol. The first-order valence-electron chi connectivity index (χ1n) is 6.37. The topological polar surface area (TPSA) is 47.1 Å². The van der Waals surface area contributed by atoms with Crippen molar-refractivity contribution in [3.8, 4) is 0 Å². The van der Waals surface area contributed by atoms with Gasteiger partial charge in [0.15, 0.2) is 0 Å². The van der Waals surface area contributed by atoms with Crippen LogP contribution in [-0.4, -0.2) is 33.8 Å². The molecular formula is C13H25ClN4. The highest BCUT2D eigenvalue weighted by atomic mass is 35.5. The minimum atomic E-state index is 0. The molecule has 1 atom stereocenters. The number of halogens is 1. The highest BCUT2D eigenvalue weighted by Crippen LogP contribution is 2.25. The maximum absolute atomic E-state index is 5.95. The second-order valence-corrected chi connectivity index (χ2v) is 6.21. The second-order valence-electron chi connectivity index (χ2n) is 6.21. The molecule has 0 bridgehead atoms. The molecule has 1 aliphatic rings. The average molecular weight is 273 g/mol. The van der Waals surface area contributed by atoms with Crippen molar-refractivity contribution < 1.29 is 0 Å². The predicted octanol–water partition coefficient (Wildman–Crippen LogP) is 1.67. The molecule has 1 aromatic rings. The van der Waals surface area contributed by atoms with Crippen LogP contribution in [0.1, 0.15) is 38.4 Å². The van der Waals surface area contributed by atoms with Crippen molar-refractivity contribution in [2.45, 2.75) is 45.2 Å². The zero-order chi connectivity index (χ0) is 12.6. The molecule has 5 heteroatoms. The molecule has 1 aromatic heterocycles. The van der Waals surface area contributed by atoms with Crippen molar-refractivity contribution in [3.05, 3.63) is 17.5 Å². The van der Waals surface area contributed by atoms with E-state index in [9.17, 15) is 0 Å². The normalized spacial score (nSPS) is 21.1. The third kappa shape index (κ3) is 3.46. The van der Waals surface area contributed by atoms with Gasteiger partial charge in [0.2, 0.25) is 0 Å². The summed E-state index contributed by atoms with van der Waals surface area (Å²) in [6.07, 6.45) is 3.26. The van der Waals surface area contributed by atoms with Gasteiger partial charge in [0.25, 0.3) is 0 Å². The van der Waals surface area contributed by atoms with Crippen molar-refractivity contribution in [2.24, 2.45) is 12.8 Å². The molecule has 1 saturated heterocycles. The van der Waals surface area contributed by atoms with E-state index in [2.05, 4.69) is 37.0 Å². The Morgan fingerprint density at radius 3 is 2.61 bits per heavy atom. The number of nitrogens with two attached hydrogens (primary N) is 1. The Kier molecular flexibility index (Phi) is 4.81. The molecule has 0 amide bonds. The number of nitrogens with zero attached hydrogens (tertiary/aromatic N) is 3. The summed E-state index contributed by atoms with van der Waals surface area (Å²) in [5.41, 5.74) is 8.61. The fourth-order valence-electron chi connectivity index (χ4n) is 2.53. The standard InChI is InChI=1S/C13H24N4.ClH/c1-13(2,3)12-10(7-16(4)15-12)8-17-6-5-11(14)9-17;/h7,11H,5-6,8-9,14H2,1-4H3;1H. The first-order valence-corrected chi connectivity index (χ1v) is 6.37. The van der Waals surface area contributed by atoms with Crippen LogP contribution in [0.3, 0.4) is 0 Å². The molecule has 1 unspecified atom stereocenters. The Hall–Kier alpha value is -0.580. The van der Waals surface area contributed by atoms with Gasteiger partial charge in [-0.1, -0.05) is 20.8 Å². The van der Waals surface area contributed by atoms with Gasteiger partial charge in [-0.2, -0.15) is 5.10 Å². The highest BCUT2D eigenvalue weighted by molar-refractivity contribution is 5.85. The molecule has 1 fully saturated rings. The van der Waals surface area contributed by atoms with Crippen molar-refractivity contribution in [1.82, 2.24) is 14.7 Å². The lowest BCUT2D eigenvalue weighted by molar-refractivity contribution is 0.323. The first-order chi connectivity index (χ1) is 7.86. The molecule has 0 saturated carbocycles. The zero-order valence-electron chi connectivity index (χ0n) is 11.8. The van der Waals surface area contributed by atoms with Crippen LogP contribution in [0.5, 0.6) is 0 Å². The van der Waals surface area contributed by atoms with Crippen LogP contribution in [0.25, 0.3) is 0 Å². The number of hydrogen-bond acceptors (Lipinski definition) is 3. The highest BCUT2D eigenvalue weighted by Gasteiger charge is 2.25. The Bertz CT molecular complexity index is 394. The third-order valence-corrected chi connectivity index (χ3v) is 3.32. The van der Waals surface area contributed by atoms with Gasteiger partial charge in [0, 0.05) is 49.9 Å². The molecule has 0 spiro atoms. The monoisotopic (exact) mass is 272 g/mol. The molecular weight excluding hydrogens is 248 g/mol. The van der Waals surface area contributed by atoms with E-state index in [-0.39, 0.29) is 17.8 Å². The molecule has 2 heterocycles. The van der Waals surface area contributed by atoms with Gasteiger partial charge < -0.3 is 5.73 Å². The van der Waals surface area contributed by atoms with E-state index in [0.29, 0.717) is 6.04 Å². The summed E-state index contributed by atoms with van der Waals surface area (Å²) < 4.78 is 1.92. The molecule has 1 aliphatic heterocycles. The second kappa shape index (κ2) is 5.59. The van der Waals surface area contributed by atoms with E-state index in [0.717, 1.165) is 26.1 Å². The number of aryl methyl sites for hydroxylation is 1. The summed E-state index contributed by atoms with van der Waals surface area (Å²) in [4.78, 5) is 2.43. The Morgan fingerprint density at radius 1 is 1.44 bits per heavy atom. The summed E-state index contributed by atoms with van der Waals surface area (Å²) in [7, 11) is 1.99. The van der Waals surface area contributed by atoms with Crippen molar-refractivity contribution in [1.29, 1.82) is 0 Å². The molecule has 2 rings (SSSR count). The van der Waals surface area contributed by atoms with Crippen LogP contribution < -0.4 is 5.73 Å². The fourth-order valence-corrected chi connectivity index (χ4v) is 2.53. The van der Waals surface area contributed by atoms with Crippen LogP contribution in [-0.2, 0) is 19.0 Å². The quantitative estimate of drug-likeness (QED) is 0.891. The summed E-state index contributed by atoms with van der Waals surface area (Å²) in [5, 5.41) is 4.60. The molecule has 0 aromatic carbocycles. The van der Waals surface area contributed by atoms with Gasteiger partial charge in [-0.3, -0.25) is 9.58 Å². The van der Waals surface area contributed by atoms with Gasteiger partial charge in [0.05, 0.1) is 5.69 Å². The summed E-state index contributed by atoms with van der Waals surface area (Å²) in [5.74, 6) is 0. The summed E-state index contributed by atoms with van der Waals surface area (Å²) in [6, 6.07) is 0.352.